The molecule has 7 heteroatoms. The van der Waals surface area contributed by atoms with Crippen molar-refractivity contribution in [3.8, 4) is 5.75 Å². The molecule has 0 aliphatic rings. The minimum absolute atomic E-state index is 0.479. The minimum Gasteiger partial charge on any atom is -0.504 e. The fraction of sp³-hybridized carbons (Fsp3) is 0.167. The van der Waals surface area contributed by atoms with Crippen LogP contribution >= 0.6 is 23.2 Å². The molecular formula is C6H2Cl2F3NO. The number of alkyl halides is 3. The maximum atomic E-state index is 12.0. The number of rotatable bonds is 0. The molecular weight excluding hydrogens is 230 g/mol. The lowest BCUT2D eigenvalue weighted by atomic mass is 10.3. The van der Waals surface area contributed by atoms with Crippen molar-refractivity contribution in [2.24, 2.45) is 0 Å². The average molecular weight is 232 g/mol. The Hall–Kier alpha value is -0.680. The van der Waals surface area contributed by atoms with Crippen molar-refractivity contribution in [3.63, 3.8) is 0 Å². The van der Waals surface area contributed by atoms with Crippen LogP contribution in [0.2, 0.25) is 10.2 Å². The second-order valence-corrected chi connectivity index (χ2v) is 2.89. The highest BCUT2D eigenvalue weighted by molar-refractivity contribution is 6.36. The van der Waals surface area contributed by atoms with Gasteiger partial charge in [0.15, 0.2) is 10.9 Å². The lowest BCUT2D eigenvalue weighted by molar-refractivity contribution is -0.141. The Balaban J connectivity index is 3.29. The van der Waals surface area contributed by atoms with Crippen LogP contribution in [0, 0.1) is 0 Å². The van der Waals surface area contributed by atoms with Crippen LogP contribution in [-0.2, 0) is 6.18 Å². The number of aromatic nitrogens is 1. The molecule has 72 valence electrons. The Morgan fingerprint density at radius 2 is 1.85 bits per heavy atom. The lowest BCUT2D eigenvalue weighted by Crippen LogP contribution is -2.07. The molecule has 1 N–H and O–H groups in total. The van der Waals surface area contributed by atoms with Crippen molar-refractivity contribution >= 4 is 23.2 Å². The van der Waals surface area contributed by atoms with Crippen LogP contribution in [0.1, 0.15) is 5.69 Å². The van der Waals surface area contributed by atoms with Crippen molar-refractivity contribution in [2.45, 2.75) is 6.18 Å². The third-order valence-electron chi connectivity index (χ3n) is 1.19. The molecule has 0 bridgehead atoms. The Morgan fingerprint density at radius 3 is 2.23 bits per heavy atom. The highest BCUT2D eigenvalue weighted by atomic mass is 35.5. The summed E-state index contributed by atoms with van der Waals surface area (Å²) in [5, 5.41) is 7.76. The van der Waals surface area contributed by atoms with E-state index in [9.17, 15) is 13.2 Å². The molecule has 1 aromatic rings. The minimum atomic E-state index is -4.62. The van der Waals surface area contributed by atoms with E-state index in [1.54, 1.807) is 0 Å². The summed E-state index contributed by atoms with van der Waals surface area (Å²) in [4.78, 5) is 2.91. The van der Waals surface area contributed by atoms with E-state index in [4.69, 9.17) is 28.3 Å². The molecule has 0 aliphatic carbocycles. The molecule has 0 saturated heterocycles. The molecule has 13 heavy (non-hydrogen) atoms. The number of halogens is 5. The first-order valence-corrected chi connectivity index (χ1v) is 3.70. The van der Waals surface area contributed by atoms with Crippen LogP contribution in [0.4, 0.5) is 13.2 Å². The van der Waals surface area contributed by atoms with Gasteiger partial charge in [0.2, 0.25) is 0 Å². The van der Waals surface area contributed by atoms with Gasteiger partial charge in [-0.25, -0.2) is 4.98 Å². The van der Waals surface area contributed by atoms with Gasteiger partial charge in [0.1, 0.15) is 5.69 Å². The van der Waals surface area contributed by atoms with Crippen LogP contribution in [0.15, 0.2) is 6.07 Å². The van der Waals surface area contributed by atoms with Gasteiger partial charge in [-0.15, -0.1) is 0 Å². The summed E-state index contributed by atoms with van der Waals surface area (Å²) in [6, 6.07) is 0.503. The summed E-state index contributed by atoms with van der Waals surface area (Å²) in [6.45, 7) is 0. The molecule has 0 aromatic carbocycles. The summed E-state index contributed by atoms with van der Waals surface area (Å²) in [5.74, 6) is -0.656. The Morgan fingerprint density at radius 1 is 1.31 bits per heavy atom. The third kappa shape index (κ3) is 2.16. The van der Waals surface area contributed by atoms with Crippen LogP contribution in [-0.4, -0.2) is 10.1 Å². The number of aromatic hydroxyl groups is 1. The SMILES string of the molecule is Oc1c(Cl)cc(C(F)(F)F)nc1Cl. The van der Waals surface area contributed by atoms with E-state index in [0.717, 1.165) is 0 Å². The molecule has 0 radical (unpaired) electrons. The first kappa shape index (κ1) is 10.4. The van der Waals surface area contributed by atoms with Crippen LogP contribution in [0.25, 0.3) is 0 Å². The summed E-state index contributed by atoms with van der Waals surface area (Å²) in [6.07, 6.45) is -4.62. The zero-order chi connectivity index (χ0) is 10.2. The molecule has 1 aromatic heterocycles. The van der Waals surface area contributed by atoms with E-state index in [-0.39, 0.29) is 0 Å². The topological polar surface area (TPSA) is 33.1 Å². The highest BCUT2D eigenvalue weighted by Crippen LogP contribution is 2.36. The molecule has 1 heterocycles. The molecule has 0 aliphatic heterocycles. The Kier molecular flexibility index (Phi) is 2.58. The number of hydrogen-bond donors (Lipinski definition) is 1. The van der Waals surface area contributed by atoms with Crippen LogP contribution < -0.4 is 0 Å². The molecule has 0 unspecified atom stereocenters. The first-order chi connectivity index (χ1) is 5.82. The molecule has 1 rings (SSSR count). The molecule has 0 spiro atoms. The zero-order valence-corrected chi connectivity index (χ0v) is 7.37. The number of hydrogen-bond acceptors (Lipinski definition) is 2. The quantitative estimate of drug-likeness (QED) is 0.697. The summed E-state index contributed by atoms with van der Waals surface area (Å²) in [7, 11) is 0. The van der Waals surface area contributed by atoms with Gasteiger partial charge >= 0.3 is 6.18 Å². The zero-order valence-electron chi connectivity index (χ0n) is 5.86. The first-order valence-electron chi connectivity index (χ1n) is 2.94. The van der Waals surface area contributed by atoms with Gasteiger partial charge in [0.25, 0.3) is 0 Å². The smallest absolute Gasteiger partial charge is 0.433 e. The average Bonchev–Trinajstić information content (AvgIpc) is 1.97. The second-order valence-electron chi connectivity index (χ2n) is 2.13. The van der Waals surface area contributed by atoms with E-state index in [0.29, 0.717) is 6.07 Å². The van der Waals surface area contributed by atoms with Crippen LogP contribution in [0.5, 0.6) is 5.75 Å². The van der Waals surface area contributed by atoms with Crippen molar-refractivity contribution in [2.75, 3.05) is 0 Å². The van der Waals surface area contributed by atoms with Crippen molar-refractivity contribution < 1.29 is 18.3 Å². The molecule has 0 amide bonds. The van der Waals surface area contributed by atoms with Crippen molar-refractivity contribution in [3.05, 3.63) is 21.9 Å². The predicted octanol–water partition coefficient (Wildman–Crippen LogP) is 3.11. The van der Waals surface area contributed by atoms with E-state index in [2.05, 4.69) is 4.98 Å². The molecule has 0 fully saturated rings. The van der Waals surface area contributed by atoms with E-state index in [1.165, 1.54) is 0 Å². The summed E-state index contributed by atoms with van der Waals surface area (Å²) >= 11 is 10.4. The predicted molar refractivity (Wildman–Crippen MR) is 40.9 cm³/mol. The number of pyridine rings is 1. The molecule has 0 saturated carbocycles. The van der Waals surface area contributed by atoms with Gasteiger partial charge in [0, 0.05) is 0 Å². The van der Waals surface area contributed by atoms with E-state index >= 15 is 0 Å². The van der Waals surface area contributed by atoms with Gasteiger partial charge in [-0.2, -0.15) is 13.2 Å². The fourth-order valence-corrected chi connectivity index (χ4v) is 1.06. The van der Waals surface area contributed by atoms with Crippen molar-refractivity contribution in [1.29, 1.82) is 0 Å². The fourth-order valence-electron chi connectivity index (χ4n) is 0.623. The number of nitrogens with zero attached hydrogens (tertiary/aromatic N) is 1. The molecule has 0 atom stereocenters. The maximum absolute atomic E-state index is 12.0. The van der Waals surface area contributed by atoms with Gasteiger partial charge < -0.3 is 5.11 Å². The summed E-state index contributed by atoms with van der Waals surface area (Å²) in [5.41, 5.74) is -1.24. The van der Waals surface area contributed by atoms with Crippen molar-refractivity contribution in [1.82, 2.24) is 4.98 Å². The highest BCUT2D eigenvalue weighted by Gasteiger charge is 2.33. The van der Waals surface area contributed by atoms with E-state index < -0.39 is 27.8 Å². The summed E-state index contributed by atoms with van der Waals surface area (Å²) < 4.78 is 36.1. The van der Waals surface area contributed by atoms with Gasteiger partial charge in [-0.05, 0) is 6.07 Å². The standard InChI is InChI=1S/C6H2Cl2F3NO/c7-2-1-3(6(9,10)11)12-5(8)4(2)13/h1,13H. The maximum Gasteiger partial charge on any atom is 0.433 e. The Labute approximate surface area is 80.9 Å². The second kappa shape index (κ2) is 3.23. The van der Waals surface area contributed by atoms with Crippen LogP contribution in [0.3, 0.4) is 0 Å². The third-order valence-corrected chi connectivity index (χ3v) is 1.75. The van der Waals surface area contributed by atoms with E-state index in [1.807, 2.05) is 0 Å². The monoisotopic (exact) mass is 231 g/mol. The lowest BCUT2D eigenvalue weighted by Gasteiger charge is -2.07. The van der Waals surface area contributed by atoms with Gasteiger partial charge in [0.05, 0.1) is 5.02 Å². The largest absolute Gasteiger partial charge is 0.504 e. The Bertz CT molecular complexity index is 316. The normalized spacial score (nSPS) is 11.8. The van der Waals surface area contributed by atoms with Gasteiger partial charge in [-0.3, -0.25) is 0 Å². The van der Waals surface area contributed by atoms with Gasteiger partial charge in [-0.1, -0.05) is 23.2 Å². The molecule has 2 nitrogen and oxygen atoms in total.